The molecule has 4 heteroatoms. The number of hydrogen-bond donors (Lipinski definition) is 1. The summed E-state index contributed by atoms with van der Waals surface area (Å²) >= 11 is 0. The van der Waals surface area contributed by atoms with Crippen molar-refractivity contribution in [2.45, 2.75) is 13.5 Å². The highest BCUT2D eigenvalue weighted by molar-refractivity contribution is 6.06. The van der Waals surface area contributed by atoms with Crippen LogP contribution < -0.4 is 5.32 Å². The summed E-state index contributed by atoms with van der Waals surface area (Å²) in [6.07, 6.45) is 0. The molecular weight excluding hydrogens is 278 g/mol. The van der Waals surface area contributed by atoms with Gasteiger partial charge in [0.2, 0.25) is 0 Å². The molecule has 3 aromatic rings. The maximum absolute atomic E-state index is 12.6. The van der Waals surface area contributed by atoms with Gasteiger partial charge in [-0.25, -0.2) is 0 Å². The minimum Gasteiger partial charge on any atom is -0.451 e. The Kier molecular flexibility index (Phi) is 3.94. The average molecular weight is 295 g/mol. The van der Waals surface area contributed by atoms with Gasteiger partial charge in [-0.2, -0.15) is 0 Å². The van der Waals surface area contributed by atoms with Crippen LogP contribution in [0.3, 0.4) is 0 Å². The number of rotatable bonds is 4. The number of para-hydroxylation sites is 2. The van der Waals surface area contributed by atoms with E-state index in [0.717, 1.165) is 22.2 Å². The Morgan fingerprint density at radius 3 is 2.64 bits per heavy atom. The fraction of sp³-hybridized carbons (Fsp3) is 0.167. The minimum absolute atomic E-state index is 0.266. The number of carbonyl (C=O) groups excluding carboxylic acids is 1. The molecule has 2 aromatic carbocycles. The highest BCUT2D eigenvalue weighted by Crippen LogP contribution is 2.27. The van der Waals surface area contributed by atoms with Gasteiger partial charge >= 0.3 is 0 Å². The van der Waals surface area contributed by atoms with E-state index in [0.29, 0.717) is 18.0 Å². The second-order valence-corrected chi connectivity index (χ2v) is 5.11. The number of amides is 1. The first-order valence-electron chi connectivity index (χ1n) is 7.07. The molecule has 0 saturated carbocycles. The molecule has 0 saturated heterocycles. The van der Waals surface area contributed by atoms with E-state index in [1.54, 1.807) is 7.11 Å². The predicted molar refractivity (Wildman–Crippen MR) is 86.1 cm³/mol. The molecule has 0 radical (unpaired) electrons. The molecule has 112 valence electrons. The summed E-state index contributed by atoms with van der Waals surface area (Å²) in [5.41, 5.74) is 3.23. The van der Waals surface area contributed by atoms with E-state index in [2.05, 4.69) is 5.32 Å². The molecule has 0 spiro atoms. The lowest BCUT2D eigenvalue weighted by Gasteiger charge is -2.07. The smallest absolute Gasteiger partial charge is 0.291 e. The largest absolute Gasteiger partial charge is 0.451 e. The fourth-order valence-corrected chi connectivity index (χ4v) is 2.46. The Morgan fingerprint density at radius 1 is 1.14 bits per heavy atom. The molecule has 1 heterocycles. The van der Waals surface area contributed by atoms with Crippen LogP contribution in [0, 0.1) is 6.92 Å². The molecule has 0 unspecified atom stereocenters. The zero-order chi connectivity index (χ0) is 15.5. The maximum atomic E-state index is 12.6. The van der Waals surface area contributed by atoms with Gasteiger partial charge < -0.3 is 14.5 Å². The van der Waals surface area contributed by atoms with Crippen LogP contribution in [0.4, 0.5) is 5.69 Å². The van der Waals surface area contributed by atoms with Crippen molar-refractivity contribution >= 4 is 22.6 Å². The van der Waals surface area contributed by atoms with Gasteiger partial charge in [0.25, 0.3) is 5.91 Å². The van der Waals surface area contributed by atoms with Crippen molar-refractivity contribution in [1.29, 1.82) is 0 Å². The van der Waals surface area contributed by atoms with Crippen LogP contribution in [-0.4, -0.2) is 13.0 Å². The number of fused-ring (bicyclic) bond motifs is 1. The number of furan rings is 1. The fourth-order valence-electron chi connectivity index (χ4n) is 2.46. The molecule has 0 fully saturated rings. The zero-order valence-corrected chi connectivity index (χ0v) is 12.6. The molecular formula is C18H17NO3. The summed E-state index contributed by atoms with van der Waals surface area (Å²) in [7, 11) is 1.60. The summed E-state index contributed by atoms with van der Waals surface area (Å²) < 4.78 is 11.0. The SMILES string of the molecule is COCc1c(C(=O)Nc2ccccc2C)oc2ccccc12. The molecule has 0 aliphatic heterocycles. The van der Waals surface area contributed by atoms with E-state index in [4.69, 9.17) is 9.15 Å². The van der Waals surface area contributed by atoms with Crippen molar-refractivity contribution in [3.05, 3.63) is 65.4 Å². The molecule has 0 bridgehead atoms. The van der Waals surface area contributed by atoms with Crippen molar-refractivity contribution in [2.75, 3.05) is 12.4 Å². The Hall–Kier alpha value is -2.59. The summed E-state index contributed by atoms with van der Waals surface area (Å²) in [4.78, 5) is 12.6. The molecule has 1 N–H and O–H groups in total. The number of carbonyl (C=O) groups is 1. The average Bonchev–Trinajstić information content (AvgIpc) is 2.89. The maximum Gasteiger partial charge on any atom is 0.291 e. The van der Waals surface area contributed by atoms with E-state index in [1.807, 2.05) is 55.5 Å². The van der Waals surface area contributed by atoms with Crippen molar-refractivity contribution in [1.82, 2.24) is 0 Å². The lowest BCUT2D eigenvalue weighted by atomic mass is 10.1. The first-order chi connectivity index (χ1) is 10.7. The molecule has 4 nitrogen and oxygen atoms in total. The molecule has 3 rings (SSSR count). The third-order valence-electron chi connectivity index (χ3n) is 3.59. The number of methoxy groups -OCH3 is 1. The Bertz CT molecular complexity index is 820. The number of benzene rings is 2. The number of nitrogens with one attached hydrogen (secondary N) is 1. The van der Waals surface area contributed by atoms with Gasteiger partial charge in [0.15, 0.2) is 5.76 Å². The molecule has 1 amide bonds. The summed E-state index contributed by atoms with van der Waals surface area (Å²) in [6.45, 7) is 2.28. The van der Waals surface area contributed by atoms with Crippen LogP contribution in [-0.2, 0) is 11.3 Å². The van der Waals surface area contributed by atoms with Crippen LogP contribution in [0.1, 0.15) is 21.7 Å². The van der Waals surface area contributed by atoms with Gasteiger partial charge in [-0.3, -0.25) is 4.79 Å². The predicted octanol–water partition coefficient (Wildman–Crippen LogP) is 4.14. The van der Waals surface area contributed by atoms with Gasteiger partial charge in [-0.05, 0) is 24.6 Å². The van der Waals surface area contributed by atoms with Gasteiger partial charge in [-0.1, -0.05) is 36.4 Å². The molecule has 1 aromatic heterocycles. The highest BCUT2D eigenvalue weighted by atomic mass is 16.5. The zero-order valence-electron chi connectivity index (χ0n) is 12.6. The van der Waals surface area contributed by atoms with Crippen molar-refractivity contribution in [2.24, 2.45) is 0 Å². The summed E-state index contributed by atoms with van der Waals surface area (Å²) in [6, 6.07) is 15.2. The van der Waals surface area contributed by atoms with E-state index >= 15 is 0 Å². The quantitative estimate of drug-likeness (QED) is 0.787. The lowest BCUT2D eigenvalue weighted by Crippen LogP contribution is -2.14. The van der Waals surface area contributed by atoms with Gasteiger partial charge in [0.05, 0.1) is 6.61 Å². The normalized spacial score (nSPS) is 10.8. The molecule has 0 aliphatic rings. The molecule has 0 aliphatic carbocycles. The van der Waals surface area contributed by atoms with Crippen LogP contribution in [0.25, 0.3) is 11.0 Å². The third kappa shape index (κ3) is 2.61. The summed E-state index contributed by atoms with van der Waals surface area (Å²) in [5.74, 6) is 0.0313. The molecule has 22 heavy (non-hydrogen) atoms. The lowest BCUT2D eigenvalue weighted by molar-refractivity contribution is 0.0992. The van der Waals surface area contributed by atoms with E-state index < -0.39 is 0 Å². The number of hydrogen-bond acceptors (Lipinski definition) is 3. The number of ether oxygens (including phenoxy) is 1. The van der Waals surface area contributed by atoms with Gasteiger partial charge in [0.1, 0.15) is 5.58 Å². The minimum atomic E-state index is -0.266. The van der Waals surface area contributed by atoms with E-state index in [9.17, 15) is 4.79 Å². The van der Waals surface area contributed by atoms with E-state index in [1.165, 1.54) is 0 Å². The van der Waals surface area contributed by atoms with Crippen molar-refractivity contribution in [3.63, 3.8) is 0 Å². The van der Waals surface area contributed by atoms with Crippen LogP contribution in [0.5, 0.6) is 0 Å². The second-order valence-electron chi connectivity index (χ2n) is 5.11. The first-order valence-corrected chi connectivity index (χ1v) is 7.07. The van der Waals surface area contributed by atoms with Gasteiger partial charge in [-0.15, -0.1) is 0 Å². The summed E-state index contributed by atoms with van der Waals surface area (Å²) in [5, 5.41) is 3.80. The Labute approximate surface area is 128 Å². The van der Waals surface area contributed by atoms with Crippen LogP contribution >= 0.6 is 0 Å². The van der Waals surface area contributed by atoms with Crippen molar-refractivity contribution < 1.29 is 13.9 Å². The van der Waals surface area contributed by atoms with Crippen molar-refractivity contribution in [3.8, 4) is 0 Å². The third-order valence-corrected chi connectivity index (χ3v) is 3.59. The number of aryl methyl sites for hydroxylation is 1. The van der Waals surface area contributed by atoms with E-state index in [-0.39, 0.29) is 5.91 Å². The monoisotopic (exact) mass is 295 g/mol. The number of anilines is 1. The van der Waals surface area contributed by atoms with Crippen LogP contribution in [0.2, 0.25) is 0 Å². The Balaban J connectivity index is 2.00. The Morgan fingerprint density at radius 2 is 1.86 bits per heavy atom. The van der Waals surface area contributed by atoms with Crippen LogP contribution in [0.15, 0.2) is 52.9 Å². The second kappa shape index (κ2) is 6.03. The standard InChI is InChI=1S/C18H17NO3/c1-12-7-3-5-9-15(12)19-18(20)17-14(11-21-2)13-8-4-6-10-16(13)22-17/h3-10H,11H2,1-2H3,(H,19,20). The molecule has 0 atom stereocenters. The first kappa shape index (κ1) is 14.4. The highest BCUT2D eigenvalue weighted by Gasteiger charge is 2.20. The topological polar surface area (TPSA) is 51.5 Å². The van der Waals surface area contributed by atoms with Gasteiger partial charge in [0, 0.05) is 23.7 Å².